The van der Waals surface area contributed by atoms with E-state index < -0.39 is 0 Å². The molecule has 4 rings (SSSR count). The second kappa shape index (κ2) is 5.60. The number of aromatic nitrogens is 1. The molecule has 3 atom stereocenters. The highest BCUT2D eigenvalue weighted by Gasteiger charge is 2.37. The number of aryl methyl sites for hydroxylation is 1. The maximum Gasteiger partial charge on any atom is 0.235 e. The molecule has 1 aromatic rings. The number of rotatable bonds is 2. The molecular weight excluding hydrogens is 292 g/mol. The van der Waals surface area contributed by atoms with Gasteiger partial charge in [0.25, 0.3) is 0 Å². The molecule has 3 aliphatic rings. The number of nitrogens with one attached hydrogen (secondary N) is 2. The maximum absolute atomic E-state index is 12.0. The van der Waals surface area contributed by atoms with Crippen LogP contribution in [0.25, 0.3) is 0 Å². The molecule has 6 nitrogen and oxygen atoms in total. The third-order valence-corrected chi connectivity index (χ3v) is 5.33. The van der Waals surface area contributed by atoms with Crippen molar-refractivity contribution in [2.24, 2.45) is 0 Å². The van der Waals surface area contributed by atoms with Gasteiger partial charge in [0.2, 0.25) is 11.8 Å². The summed E-state index contributed by atoms with van der Waals surface area (Å²) in [6.45, 7) is 4.09. The number of carbonyl (C=O) groups excluding carboxylic acids is 2. The number of nitrogens with zero attached hydrogens (tertiary/aromatic N) is 2. The van der Waals surface area contributed by atoms with E-state index in [1.807, 2.05) is 13.0 Å². The summed E-state index contributed by atoms with van der Waals surface area (Å²) in [5.41, 5.74) is 2.94. The summed E-state index contributed by atoms with van der Waals surface area (Å²) in [5, 5.41) is 5.90. The fraction of sp³-hybridized carbons (Fsp3) is 0.588. The third-order valence-electron chi connectivity index (χ3n) is 5.33. The van der Waals surface area contributed by atoms with Crippen LogP contribution in [0.5, 0.6) is 0 Å². The van der Waals surface area contributed by atoms with Crippen molar-refractivity contribution in [2.75, 3.05) is 18.0 Å². The van der Waals surface area contributed by atoms with Crippen LogP contribution in [0.3, 0.4) is 0 Å². The molecule has 122 valence electrons. The van der Waals surface area contributed by atoms with Gasteiger partial charge in [-0.3, -0.25) is 19.9 Å². The van der Waals surface area contributed by atoms with Crippen molar-refractivity contribution < 1.29 is 9.59 Å². The number of piperidine rings is 1. The molecule has 0 aromatic carbocycles. The van der Waals surface area contributed by atoms with Gasteiger partial charge in [0.05, 0.1) is 23.0 Å². The van der Waals surface area contributed by atoms with Crippen LogP contribution in [0, 0.1) is 6.92 Å². The molecule has 3 saturated heterocycles. The zero-order chi connectivity index (χ0) is 16.0. The van der Waals surface area contributed by atoms with E-state index in [0.717, 1.165) is 24.5 Å². The van der Waals surface area contributed by atoms with Crippen LogP contribution in [0.2, 0.25) is 0 Å². The molecule has 3 fully saturated rings. The highest BCUT2D eigenvalue weighted by Crippen LogP contribution is 2.35. The summed E-state index contributed by atoms with van der Waals surface area (Å²) >= 11 is 0. The van der Waals surface area contributed by atoms with E-state index in [-0.39, 0.29) is 17.7 Å². The van der Waals surface area contributed by atoms with E-state index >= 15 is 0 Å². The van der Waals surface area contributed by atoms with Gasteiger partial charge in [-0.15, -0.1) is 0 Å². The summed E-state index contributed by atoms with van der Waals surface area (Å²) in [4.78, 5) is 30.5. The quantitative estimate of drug-likeness (QED) is 0.792. The molecule has 0 saturated carbocycles. The standard InChI is InChI=1S/C17H22N4O2/c1-10-15(21-11-2-3-12(21)9-18-8-11)6-5-14(19-10)13-4-7-16(22)20-17(13)23/h5-6,11-13,18H,2-4,7-9H2,1H3,(H,20,22,23). The van der Waals surface area contributed by atoms with Crippen molar-refractivity contribution in [3.05, 3.63) is 23.5 Å². The number of hydrogen-bond donors (Lipinski definition) is 2. The predicted molar refractivity (Wildman–Crippen MR) is 86.3 cm³/mol. The van der Waals surface area contributed by atoms with E-state index in [1.165, 1.54) is 18.5 Å². The van der Waals surface area contributed by atoms with Gasteiger partial charge in [-0.1, -0.05) is 0 Å². The van der Waals surface area contributed by atoms with Gasteiger partial charge in [-0.25, -0.2) is 0 Å². The number of amides is 2. The molecule has 4 heterocycles. The van der Waals surface area contributed by atoms with Gasteiger partial charge in [0.15, 0.2) is 0 Å². The highest BCUT2D eigenvalue weighted by molar-refractivity contribution is 6.00. The van der Waals surface area contributed by atoms with E-state index in [0.29, 0.717) is 24.9 Å². The highest BCUT2D eigenvalue weighted by atomic mass is 16.2. The monoisotopic (exact) mass is 314 g/mol. The fourth-order valence-electron chi connectivity index (χ4n) is 4.19. The van der Waals surface area contributed by atoms with Gasteiger partial charge < -0.3 is 10.2 Å². The van der Waals surface area contributed by atoms with Crippen LogP contribution in [-0.2, 0) is 9.59 Å². The van der Waals surface area contributed by atoms with Crippen molar-refractivity contribution in [3.8, 4) is 0 Å². The molecule has 23 heavy (non-hydrogen) atoms. The number of piperazine rings is 1. The number of pyridine rings is 1. The Balaban J connectivity index is 1.60. The molecule has 0 radical (unpaired) electrons. The Morgan fingerprint density at radius 2 is 1.87 bits per heavy atom. The van der Waals surface area contributed by atoms with Gasteiger partial charge in [-0.2, -0.15) is 0 Å². The average molecular weight is 314 g/mol. The fourth-order valence-corrected chi connectivity index (χ4v) is 4.19. The molecule has 3 aliphatic heterocycles. The van der Waals surface area contributed by atoms with Gasteiger partial charge in [-0.05, 0) is 38.3 Å². The lowest BCUT2D eigenvalue weighted by Gasteiger charge is -2.38. The second-order valence-electron chi connectivity index (χ2n) is 6.79. The molecule has 2 amide bonds. The van der Waals surface area contributed by atoms with E-state index in [4.69, 9.17) is 4.98 Å². The number of imide groups is 1. The van der Waals surface area contributed by atoms with E-state index in [1.54, 1.807) is 0 Å². The summed E-state index contributed by atoms with van der Waals surface area (Å²) < 4.78 is 0. The Kier molecular flexibility index (Phi) is 3.56. The predicted octanol–water partition coefficient (Wildman–Crippen LogP) is 0.851. The third kappa shape index (κ3) is 2.51. The first kappa shape index (κ1) is 14.6. The minimum Gasteiger partial charge on any atom is -0.362 e. The van der Waals surface area contributed by atoms with E-state index in [9.17, 15) is 9.59 Å². The molecule has 0 aliphatic carbocycles. The molecule has 0 spiro atoms. The van der Waals surface area contributed by atoms with Crippen LogP contribution in [0.4, 0.5) is 5.69 Å². The first-order valence-electron chi connectivity index (χ1n) is 8.44. The van der Waals surface area contributed by atoms with Crippen molar-refractivity contribution in [2.45, 2.75) is 50.6 Å². The topological polar surface area (TPSA) is 74.3 Å². The SMILES string of the molecule is Cc1nc(C2CCC(=O)NC2=O)ccc1N1C2CCC1CNC2. The normalized spacial score (nSPS) is 30.5. The lowest BCUT2D eigenvalue weighted by molar-refractivity contribution is -0.134. The van der Waals surface area contributed by atoms with Crippen LogP contribution < -0.4 is 15.5 Å². The van der Waals surface area contributed by atoms with Crippen LogP contribution in [-0.4, -0.2) is 42.0 Å². The lowest BCUT2D eigenvalue weighted by Crippen LogP contribution is -2.52. The molecule has 6 heteroatoms. The number of hydrogen-bond acceptors (Lipinski definition) is 5. The second-order valence-corrected chi connectivity index (χ2v) is 6.79. The van der Waals surface area contributed by atoms with Crippen molar-refractivity contribution >= 4 is 17.5 Å². The zero-order valence-electron chi connectivity index (χ0n) is 13.3. The molecular formula is C17H22N4O2. The molecule has 1 aromatic heterocycles. The zero-order valence-corrected chi connectivity index (χ0v) is 13.3. The van der Waals surface area contributed by atoms with Crippen LogP contribution in [0.1, 0.15) is 43.0 Å². The minimum atomic E-state index is -0.305. The summed E-state index contributed by atoms with van der Waals surface area (Å²) in [6.07, 6.45) is 3.40. The largest absolute Gasteiger partial charge is 0.362 e. The maximum atomic E-state index is 12.0. The molecule has 2 N–H and O–H groups in total. The Morgan fingerprint density at radius 1 is 1.13 bits per heavy atom. The van der Waals surface area contributed by atoms with Gasteiger partial charge >= 0.3 is 0 Å². The van der Waals surface area contributed by atoms with Crippen molar-refractivity contribution in [3.63, 3.8) is 0 Å². The Hall–Kier alpha value is -1.95. The van der Waals surface area contributed by atoms with Crippen LogP contribution in [0.15, 0.2) is 12.1 Å². The molecule has 3 unspecified atom stereocenters. The Morgan fingerprint density at radius 3 is 2.52 bits per heavy atom. The number of fused-ring (bicyclic) bond motifs is 2. The van der Waals surface area contributed by atoms with E-state index in [2.05, 4.69) is 21.6 Å². The minimum absolute atomic E-state index is 0.183. The summed E-state index contributed by atoms with van der Waals surface area (Å²) in [7, 11) is 0. The number of anilines is 1. The summed E-state index contributed by atoms with van der Waals surface area (Å²) in [5.74, 6) is -0.708. The lowest BCUT2D eigenvalue weighted by atomic mass is 9.94. The average Bonchev–Trinajstić information content (AvgIpc) is 2.76. The number of carbonyl (C=O) groups is 2. The van der Waals surface area contributed by atoms with Crippen LogP contribution >= 0.6 is 0 Å². The summed E-state index contributed by atoms with van der Waals surface area (Å²) in [6, 6.07) is 5.17. The van der Waals surface area contributed by atoms with Gasteiger partial charge in [0, 0.05) is 31.6 Å². The smallest absolute Gasteiger partial charge is 0.235 e. The Labute approximate surface area is 135 Å². The molecule has 2 bridgehead atoms. The van der Waals surface area contributed by atoms with Crippen molar-refractivity contribution in [1.82, 2.24) is 15.6 Å². The first-order chi connectivity index (χ1) is 11.1. The Bertz CT molecular complexity index is 644. The first-order valence-corrected chi connectivity index (χ1v) is 8.44. The van der Waals surface area contributed by atoms with Gasteiger partial charge in [0.1, 0.15) is 0 Å². The van der Waals surface area contributed by atoms with Crippen molar-refractivity contribution in [1.29, 1.82) is 0 Å².